The number of rotatable bonds is 1. The van der Waals surface area contributed by atoms with Crippen molar-refractivity contribution in [3.05, 3.63) is 16.6 Å². The molecular formula is C8H15NS. The van der Waals surface area contributed by atoms with Gasteiger partial charge in [0.2, 0.25) is 0 Å². The molecule has 1 nitrogen and oxygen atoms in total. The van der Waals surface area contributed by atoms with Crippen LogP contribution in [0.25, 0.3) is 0 Å². The Morgan fingerprint density at radius 1 is 1.50 bits per heavy atom. The Hall–Kier alpha value is -0.370. The fourth-order valence-electron chi connectivity index (χ4n) is 0.659. The molecule has 1 aromatic rings. The van der Waals surface area contributed by atoms with Gasteiger partial charge in [0.05, 0.1) is 0 Å². The van der Waals surface area contributed by atoms with Gasteiger partial charge in [-0.15, -0.1) is 0 Å². The van der Waals surface area contributed by atoms with E-state index >= 15 is 0 Å². The first-order valence-electron chi connectivity index (χ1n) is 3.74. The number of aryl methyl sites for hydroxylation is 2. The molecule has 0 aliphatic carbocycles. The normalized spacial score (nSPS) is 8.40. The second kappa shape index (κ2) is 5.42. The lowest BCUT2D eigenvalue weighted by Crippen LogP contribution is -1.74. The van der Waals surface area contributed by atoms with E-state index in [1.165, 1.54) is 10.4 Å². The Morgan fingerprint density at radius 3 is 2.30 bits per heavy atom. The Kier molecular flexibility index (Phi) is 5.22. The molecule has 0 aliphatic heterocycles. The standard InChI is InChI=1S/C6H9NS.C2H6/c1-3-6-4-7-8-5(6)2;1-2/h4H,3H2,1-2H3;1-2H3. The van der Waals surface area contributed by atoms with Crippen LogP contribution in [0.2, 0.25) is 0 Å². The van der Waals surface area contributed by atoms with Crippen molar-refractivity contribution in [1.82, 2.24) is 4.37 Å². The summed E-state index contributed by atoms with van der Waals surface area (Å²) < 4.78 is 4.03. The van der Waals surface area contributed by atoms with Crippen molar-refractivity contribution in [2.24, 2.45) is 0 Å². The molecule has 0 aliphatic rings. The van der Waals surface area contributed by atoms with Gasteiger partial charge >= 0.3 is 0 Å². The average Bonchev–Trinajstić information content (AvgIpc) is 2.39. The van der Waals surface area contributed by atoms with Crippen molar-refractivity contribution in [3.63, 3.8) is 0 Å². The third-order valence-electron chi connectivity index (χ3n) is 1.23. The van der Waals surface area contributed by atoms with E-state index in [2.05, 4.69) is 18.2 Å². The summed E-state index contributed by atoms with van der Waals surface area (Å²) in [5.41, 5.74) is 1.38. The van der Waals surface area contributed by atoms with E-state index in [4.69, 9.17) is 0 Å². The van der Waals surface area contributed by atoms with Gasteiger partial charge in [-0.2, -0.15) is 0 Å². The van der Waals surface area contributed by atoms with Crippen LogP contribution in [-0.4, -0.2) is 4.37 Å². The molecule has 0 saturated heterocycles. The predicted molar refractivity (Wildman–Crippen MR) is 47.6 cm³/mol. The largest absolute Gasteiger partial charge is 0.201 e. The molecule has 0 saturated carbocycles. The van der Waals surface area contributed by atoms with Gasteiger partial charge in [-0.1, -0.05) is 20.8 Å². The molecule has 0 bridgehead atoms. The molecule has 1 aromatic heterocycles. The third-order valence-corrected chi connectivity index (χ3v) is 1.98. The van der Waals surface area contributed by atoms with Gasteiger partial charge in [0.25, 0.3) is 0 Å². The van der Waals surface area contributed by atoms with Gasteiger partial charge in [0.1, 0.15) is 0 Å². The van der Waals surface area contributed by atoms with Gasteiger partial charge in [-0.3, -0.25) is 0 Å². The highest BCUT2D eigenvalue weighted by molar-refractivity contribution is 7.05. The molecule has 0 aromatic carbocycles. The Balaban J connectivity index is 0.000000371. The number of aromatic nitrogens is 1. The average molecular weight is 157 g/mol. The monoisotopic (exact) mass is 157 g/mol. The maximum Gasteiger partial charge on any atom is 0.0441 e. The zero-order valence-electron chi connectivity index (χ0n) is 7.14. The van der Waals surface area contributed by atoms with Crippen LogP contribution in [0.3, 0.4) is 0 Å². The quantitative estimate of drug-likeness (QED) is 0.610. The minimum Gasteiger partial charge on any atom is -0.201 e. The molecule has 1 heterocycles. The summed E-state index contributed by atoms with van der Waals surface area (Å²) in [6.07, 6.45) is 3.06. The highest BCUT2D eigenvalue weighted by atomic mass is 32.1. The molecule has 0 unspecified atom stereocenters. The summed E-state index contributed by atoms with van der Waals surface area (Å²) >= 11 is 1.58. The first-order valence-corrected chi connectivity index (χ1v) is 4.52. The number of nitrogens with zero attached hydrogens (tertiary/aromatic N) is 1. The summed E-state index contributed by atoms with van der Waals surface area (Å²) in [7, 11) is 0. The number of hydrogen-bond donors (Lipinski definition) is 0. The van der Waals surface area contributed by atoms with Crippen LogP contribution in [-0.2, 0) is 6.42 Å². The smallest absolute Gasteiger partial charge is 0.0441 e. The van der Waals surface area contributed by atoms with Gasteiger partial charge in [-0.05, 0) is 30.4 Å². The topological polar surface area (TPSA) is 12.9 Å². The van der Waals surface area contributed by atoms with Crippen LogP contribution in [0, 0.1) is 6.92 Å². The SMILES string of the molecule is CC.CCc1cnsc1C. The molecule has 2 heteroatoms. The van der Waals surface area contributed by atoms with Crippen LogP contribution in [0.15, 0.2) is 6.20 Å². The van der Waals surface area contributed by atoms with Crippen LogP contribution in [0.4, 0.5) is 0 Å². The van der Waals surface area contributed by atoms with Gasteiger partial charge in [0.15, 0.2) is 0 Å². The first-order chi connectivity index (χ1) is 4.84. The number of hydrogen-bond acceptors (Lipinski definition) is 2. The lowest BCUT2D eigenvalue weighted by Gasteiger charge is -1.85. The maximum atomic E-state index is 4.03. The fraction of sp³-hybridized carbons (Fsp3) is 0.625. The Morgan fingerprint density at radius 2 is 2.10 bits per heavy atom. The Labute approximate surface area is 67.3 Å². The van der Waals surface area contributed by atoms with Crippen LogP contribution < -0.4 is 0 Å². The molecule has 0 radical (unpaired) electrons. The summed E-state index contributed by atoms with van der Waals surface area (Å²) in [6, 6.07) is 0. The molecule has 0 spiro atoms. The van der Waals surface area contributed by atoms with E-state index in [0.29, 0.717) is 0 Å². The lowest BCUT2D eigenvalue weighted by atomic mass is 10.2. The molecule has 10 heavy (non-hydrogen) atoms. The van der Waals surface area contributed by atoms with Crippen LogP contribution >= 0.6 is 11.5 Å². The second-order valence-electron chi connectivity index (χ2n) is 1.76. The highest BCUT2D eigenvalue weighted by Crippen LogP contribution is 2.10. The second-order valence-corrected chi connectivity index (χ2v) is 2.77. The molecule has 0 fully saturated rings. The fourth-order valence-corrected chi connectivity index (χ4v) is 1.31. The van der Waals surface area contributed by atoms with E-state index in [9.17, 15) is 0 Å². The minimum absolute atomic E-state index is 1.11. The molecule has 1 rings (SSSR count). The molecule has 58 valence electrons. The van der Waals surface area contributed by atoms with Crippen molar-refractivity contribution < 1.29 is 0 Å². The highest BCUT2D eigenvalue weighted by Gasteiger charge is 1.94. The first kappa shape index (κ1) is 9.63. The van der Waals surface area contributed by atoms with Crippen molar-refractivity contribution >= 4 is 11.5 Å². The van der Waals surface area contributed by atoms with Crippen LogP contribution in [0.5, 0.6) is 0 Å². The minimum atomic E-state index is 1.11. The predicted octanol–water partition coefficient (Wildman–Crippen LogP) is 3.04. The van der Waals surface area contributed by atoms with E-state index in [-0.39, 0.29) is 0 Å². The van der Waals surface area contributed by atoms with E-state index in [0.717, 1.165) is 6.42 Å². The van der Waals surface area contributed by atoms with Crippen molar-refractivity contribution in [3.8, 4) is 0 Å². The van der Waals surface area contributed by atoms with Crippen molar-refractivity contribution in [2.75, 3.05) is 0 Å². The zero-order chi connectivity index (χ0) is 7.98. The molecule has 0 N–H and O–H groups in total. The maximum absolute atomic E-state index is 4.03. The summed E-state index contributed by atoms with van der Waals surface area (Å²) in [5, 5.41) is 0. The third kappa shape index (κ3) is 2.48. The van der Waals surface area contributed by atoms with Crippen LogP contribution in [0.1, 0.15) is 31.2 Å². The summed E-state index contributed by atoms with van der Waals surface area (Å²) in [4.78, 5) is 1.35. The van der Waals surface area contributed by atoms with Gasteiger partial charge < -0.3 is 0 Å². The van der Waals surface area contributed by atoms with Gasteiger partial charge in [0, 0.05) is 11.1 Å². The molecular weight excluding hydrogens is 142 g/mol. The summed E-state index contributed by atoms with van der Waals surface area (Å²) in [5.74, 6) is 0. The molecule has 0 amide bonds. The van der Waals surface area contributed by atoms with E-state index in [1.807, 2.05) is 20.0 Å². The molecule has 0 atom stereocenters. The Bertz CT molecular complexity index is 170. The zero-order valence-corrected chi connectivity index (χ0v) is 7.96. The lowest BCUT2D eigenvalue weighted by molar-refractivity contribution is 1.12. The van der Waals surface area contributed by atoms with Crippen molar-refractivity contribution in [1.29, 1.82) is 0 Å². The van der Waals surface area contributed by atoms with Gasteiger partial charge in [-0.25, -0.2) is 4.37 Å². The summed E-state index contributed by atoms with van der Waals surface area (Å²) in [6.45, 7) is 8.26. The van der Waals surface area contributed by atoms with Crippen molar-refractivity contribution in [2.45, 2.75) is 34.1 Å². The van der Waals surface area contributed by atoms with E-state index < -0.39 is 0 Å². The van der Waals surface area contributed by atoms with E-state index in [1.54, 1.807) is 11.5 Å².